The lowest BCUT2D eigenvalue weighted by Crippen LogP contribution is -2.23. The lowest BCUT2D eigenvalue weighted by Gasteiger charge is -2.10. The second-order valence-electron chi connectivity index (χ2n) is 6.52. The van der Waals surface area contributed by atoms with Crippen LogP contribution in [-0.2, 0) is 0 Å². The Labute approximate surface area is 204 Å². The smallest absolute Gasteiger partial charge is 0.268 e. The summed E-state index contributed by atoms with van der Waals surface area (Å²) in [5, 5.41) is 21.0. The molecule has 0 bridgehead atoms. The number of nitro groups is 2. The van der Waals surface area contributed by atoms with Gasteiger partial charge in [0.25, 0.3) is 35.0 Å². The highest BCUT2D eigenvalue weighted by Gasteiger charge is 2.40. The molecule has 0 fully saturated rings. The summed E-state index contributed by atoms with van der Waals surface area (Å²) >= 11 is -0.440. The number of rotatable bonds is 6. The van der Waals surface area contributed by atoms with E-state index in [-0.39, 0.29) is 57.5 Å². The molecule has 4 rings (SSSR count). The van der Waals surface area contributed by atoms with Gasteiger partial charge >= 0.3 is 11.5 Å². The number of imide groups is 2. The summed E-state index contributed by atoms with van der Waals surface area (Å²) in [6.45, 7) is 0. The Morgan fingerprint density at radius 1 is 0.611 bits per heavy atom. The van der Waals surface area contributed by atoms with Gasteiger partial charge in [-0.15, -0.1) is 0 Å². The minimum absolute atomic E-state index is 0.112. The summed E-state index contributed by atoms with van der Waals surface area (Å²) in [7, 11) is 0. The summed E-state index contributed by atoms with van der Waals surface area (Å²) in [6, 6.07) is 6.06. The Balaban J connectivity index is 0.000000201. The average Bonchev–Trinajstić information content (AvgIpc) is 3.18. The maximum absolute atomic E-state index is 12.2. The van der Waals surface area contributed by atoms with Gasteiger partial charge in [-0.3, -0.25) is 39.4 Å². The minimum atomic E-state index is -2.93. The maximum atomic E-state index is 12.2. The van der Waals surface area contributed by atoms with Gasteiger partial charge < -0.3 is 0 Å². The van der Waals surface area contributed by atoms with Crippen molar-refractivity contribution >= 4 is 58.9 Å². The number of hydrogen-bond acceptors (Lipinski definition) is 10. The predicted octanol–water partition coefficient (Wildman–Crippen LogP) is 4.12. The second-order valence-corrected chi connectivity index (χ2v) is 8.38. The van der Waals surface area contributed by atoms with Crippen LogP contribution < -0.4 is 0 Å². The van der Waals surface area contributed by atoms with Gasteiger partial charge in [0.15, 0.2) is 0 Å². The Kier molecular flexibility index (Phi) is 7.58. The first-order valence-electron chi connectivity index (χ1n) is 9.07. The van der Waals surface area contributed by atoms with Crippen molar-refractivity contribution < 1.29 is 46.6 Å². The zero-order valence-corrected chi connectivity index (χ0v) is 18.6. The molecule has 188 valence electrons. The van der Waals surface area contributed by atoms with Crippen molar-refractivity contribution in [3.63, 3.8) is 0 Å². The summed E-state index contributed by atoms with van der Waals surface area (Å²) in [4.78, 5) is 66.1. The van der Waals surface area contributed by atoms with Gasteiger partial charge in [0.1, 0.15) is 0 Å². The standard InChI is InChI=1S/2C9H4F2N2O4S/c2*10-9(11)18-12-7(14)5-2-1-4(13(16)17)3-6(5)8(12)15/h2*1-3,9H. The molecule has 18 heteroatoms. The van der Waals surface area contributed by atoms with E-state index in [1.165, 1.54) is 0 Å². The van der Waals surface area contributed by atoms with Crippen LogP contribution >= 0.6 is 23.9 Å². The van der Waals surface area contributed by atoms with E-state index in [2.05, 4.69) is 0 Å². The fraction of sp³-hybridized carbons (Fsp3) is 0.111. The van der Waals surface area contributed by atoms with Crippen molar-refractivity contribution in [2.75, 3.05) is 0 Å². The van der Waals surface area contributed by atoms with E-state index in [1.807, 2.05) is 0 Å². The highest BCUT2D eigenvalue weighted by atomic mass is 32.2. The van der Waals surface area contributed by atoms with E-state index >= 15 is 0 Å². The molecule has 2 aromatic carbocycles. The molecule has 36 heavy (non-hydrogen) atoms. The van der Waals surface area contributed by atoms with Gasteiger partial charge in [-0.25, -0.2) is 8.61 Å². The number of nitrogens with zero attached hydrogens (tertiary/aromatic N) is 4. The molecule has 0 saturated heterocycles. The van der Waals surface area contributed by atoms with E-state index in [0.29, 0.717) is 8.61 Å². The monoisotopic (exact) mass is 548 g/mol. The third kappa shape index (κ3) is 5.13. The Morgan fingerprint density at radius 3 is 1.19 bits per heavy atom. The largest absolute Gasteiger partial charge is 0.303 e. The maximum Gasteiger partial charge on any atom is 0.303 e. The lowest BCUT2D eigenvalue weighted by atomic mass is 10.1. The Hall–Kier alpha value is -4.06. The molecule has 0 spiro atoms. The molecule has 0 radical (unpaired) electrons. The van der Waals surface area contributed by atoms with Gasteiger partial charge in [0.2, 0.25) is 0 Å². The molecule has 0 saturated carbocycles. The first-order valence-corrected chi connectivity index (χ1v) is 10.7. The van der Waals surface area contributed by atoms with Crippen molar-refractivity contribution in [3.05, 3.63) is 78.9 Å². The lowest BCUT2D eigenvalue weighted by molar-refractivity contribution is -0.385. The SMILES string of the molecule is O=C1c2ccc([N+](=O)[O-])cc2C(=O)N1SC(F)F.O=C1c2ccc([N+](=O)[O-])cc2C(=O)N1SC(F)F. The number of halogens is 4. The third-order valence-electron chi connectivity index (χ3n) is 4.46. The molecule has 4 amide bonds. The molecule has 0 aliphatic carbocycles. The Bertz CT molecular complexity index is 1230. The van der Waals surface area contributed by atoms with Crippen molar-refractivity contribution in [2.24, 2.45) is 0 Å². The molecular weight excluding hydrogens is 540 g/mol. The molecular formula is C18H8F4N4O8S2. The molecule has 2 aromatic rings. The number of carbonyl (C=O) groups is 4. The Morgan fingerprint density at radius 2 is 0.917 bits per heavy atom. The molecule has 12 nitrogen and oxygen atoms in total. The zero-order chi connectivity index (χ0) is 26.9. The average molecular weight is 548 g/mol. The molecule has 2 heterocycles. The number of non-ortho nitro benzene ring substituents is 2. The van der Waals surface area contributed by atoms with Crippen LogP contribution in [-0.4, -0.2) is 53.6 Å². The van der Waals surface area contributed by atoms with Gasteiger partial charge in [0.05, 0.1) is 32.1 Å². The van der Waals surface area contributed by atoms with Gasteiger partial charge in [-0.05, 0) is 12.1 Å². The van der Waals surface area contributed by atoms with Crippen molar-refractivity contribution in [1.82, 2.24) is 8.61 Å². The quantitative estimate of drug-likeness (QED) is 0.169. The van der Waals surface area contributed by atoms with E-state index in [4.69, 9.17) is 0 Å². The second kappa shape index (κ2) is 10.3. The summed E-state index contributed by atoms with van der Waals surface area (Å²) in [5.41, 5.74) is -1.44. The van der Waals surface area contributed by atoms with E-state index in [9.17, 15) is 57.0 Å². The van der Waals surface area contributed by atoms with Crippen molar-refractivity contribution in [1.29, 1.82) is 0 Å². The zero-order valence-electron chi connectivity index (χ0n) is 17.0. The van der Waals surface area contributed by atoms with Gasteiger partial charge in [-0.2, -0.15) is 17.6 Å². The topological polar surface area (TPSA) is 161 Å². The van der Waals surface area contributed by atoms with E-state index in [0.717, 1.165) is 36.4 Å². The molecule has 0 atom stereocenters. The number of alkyl halides is 4. The van der Waals surface area contributed by atoms with Gasteiger partial charge in [-0.1, -0.05) is 0 Å². The fourth-order valence-corrected chi connectivity index (χ4v) is 4.09. The molecule has 0 aromatic heterocycles. The van der Waals surface area contributed by atoms with Crippen LogP contribution in [0.2, 0.25) is 0 Å². The van der Waals surface area contributed by atoms with Crippen molar-refractivity contribution in [3.8, 4) is 0 Å². The highest BCUT2D eigenvalue weighted by Crippen LogP contribution is 2.34. The van der Waals surface area contributed by atoms with Gasteiger partial charge in [0, 0.05) is 48.2 Å². The van der Waals surface area contributed by atoms with Crippen LogP contribution in [0.1, 0.15) is 41.4 Å². The number of nitro benzene ring substituents is 2. The van der Waals surface area contributed by atoms with Crippen LogP contribution in [0.4, 0.5) is 28.9 Å². The molecule has 2 aliphatic heterocycles. The minimum Gasteiger partial charge on any atom is -0.268 e. The molecule has 2 aliphatic rings. The number of benzene rings is 2. The summed E-state index contributed by atoms with van der Waals surface area (Å²) in [5.74, 6) is -9.58. The van der Waals surface area contributed by atoms with E-state index < -0.39 is 45.0 Å². The third-order valence-corrected chi connectivity index (χ3v) is 5.86. The normalized spacial score (nSPS) is 14.3. The van der Waals surface area contributed by atoms with Crippen LogP contribution in [0.5, 0.6) is 0 Å². The number of amides is 4. The number of hydrogen-bond donors (Lipinski definition) is 0. The molecule has 0 N–H and O–H groups in total. The summed E-state index contributed by atoms with van der Waals surface area (Å²) in [6.07, 6.45) is 0. The van der Waals surface area contributed by atoms with Crippen LogP contribution in [0, 0.1) is 20.2 Å². The fourth-order valence-electron chi connectivity index (χ4n) is 2.99. The number of carbonyl (C=O) groups excluding carboxylic acids is 4. The predicted molar refractivity (Wildman–Crippen MR) is 114 cm³/mol. The highest BCUT2D eigenvalue weighted by molar-refractivity contribution is 7.98. The van der Waals surface area contributed by atoms with Crippen LogP contribution in [0.3, 0.4) is 0 Å². The first-order chi connectivity index (χ1) is 16.8. The van der Waals surface area contributed by atoms with Crippen molar-refractivity contribution in [2.45, 2.75) is 11.5 Å². The first kappa shape index (κ1) is 26.5. The molecule has 0 unspecified atom stereocenters. The van der Waals surface area contributed by atoms with Crippen LogP contribution in [0.15, 0.2) is 36.4 Å². The van der Waals surface area contributed by atoms with E-state index in [1.54, 1.807) is 0 Å². The number of fused-ring (bicyclic) bond motifs is 2. The van der Waals surface area contributed by atoms with Crippen LogP contribution in [0.25, 0.3) is 0 Å². The summed E-state index contributed by atoms with van der Waals surface area (Å²) < 4.78 is 49.3.